The quantitative estimate of drug-likeness (QED) is 0.751. The van der Waals surface area contributed by atoms with Crippen LogP contribution in [-0.4, -0.2) is 41.1 Å². The van der Waals surface area contributed by atoms with Crippen molar-refractivity contribution in [3.8, 4) is 0 Å². The first-order valence-corrected chi connectivity index (χ1v) is 8.82. The number of hydrogen-bond donors (Lipinski definition) is 0. The number of nitrogens with zero attached hydrogens (tertiary/aromatic N) is 2. The average molecular weight is 350 g/mol. The smallest absolute Gasteiger partial charge is 0.261 e. The zero-order valence-electron chi connectivity index (χ0n) is 15.1. The molecular weight excluding hydrogens is 328 g/mol. The van der Waals surface area contributed by atoms with Crippen molar-refractivity contribution in [2.24, 2.45) is 0 Å². The van der Waals surface area contributed by atoms with Crippen LogP contribution >= 0.6 is 0 Å². The van der Waals surface area contributed by atoms with Crippen LogP contribution in [0.5, 0.6) is 0 Å². The third-order valence-electron chi connectivity index (χ3n) is 4.59. The molecule has 1 aliphatic rings. The molecule has 3 rings (SSSR count). The Morgan fingerprint density at radius 2 is 1.69 bits per heavy atom. The van der Waals surface area contributed by atoms with E-state index in [2.05, 4.69) is 6.92 Å². The van der Waals surface area contributed by atoms with Gasteiger partial charge in [0.25, 0.3) is 17.7 Å². The molecule has 1 heterocycles. The summed E-state index contributed by atoms with van der Waals surface area (Å²) < 4.78 is 0. The average Bonchev–Trinajstić information content (AvgIpc) is 2.90. The first-order chi connectivity index (χ1) is 12.5. The lowest BCUT2D eigenvalue weighted by Crippen LogP contribution is -2.29. The van der Waals surface area contributed by atoms with Crippen LogP contribution in [0.3, 0.4) is 0 Å². The lowest BCUT2D eigenvalue weighted by atomic mass is 10.0. The summed E-state index contributed by atoms with van der Waals surface area (Å²) >= 11 is 0. The minimum Gasteiger partial charge on any atom is -0.342 e. The van der Waals surface area contributed by atoms with E-state index in [1.54, 1.807) is 30.1 Å². The lowest BCUT2D eigenvalue weighted by molar-refractivity contribution is 0.0642. The summed E-state index contributed by atoms with van der Waals surface area (Å²) in [7, 11) is 1.75. The second kappa shape index (κ2) is 7.52. The molecule has 0 N–H and O–H groups in total. The Hall–Kier alpha value is -2.95. The predicted octanol–water partition coefficient (Wildman–Crippen LogP) is 3.35. The molecule has 1 aliphatic heterocycles. The van der Waals surface area contributed by atoms with Gasteiger partial charge in [-0.1, -0.05) is 43.7 Å². The molecule has 5 heteroatoms. The second-order valence-corrected chi connectivity index (χ2v) is 6.52. The van der Waals surface area contributed by atoms with Crippen LogP contribution in [0.1, 0.15) is 56.4 Å². The van der Waals surface area contributed by atoms with Gasteiger partial charge in [-0.3, -0.25) is 19.3 Å². The molecule has 0 atom stereocenters. The van der Waals surface area contributed by atoms with Crippen molar-refractivity contribution in [2.45, 2.75) is 26.3 Å². The van der Waals surface area contributed by atoms with E-state index in [1.807, 2.05) is 30.3 Å². The molecule has 0 saturated heterocycles. The first-order valence-electron chi connectivity index (χ1n) is 8.82. The highest BCUT2D eigenvalue weighted by Crippen LogP contribution is 2.26. The Balaban J connectivity index is 1.82. The van der Waals surface area contributed by atoms with Crippen LogP contribution in [0.4, 0.5) is 0 Å². The van der Waals surface area contributed by atoms with Crippen molar-refractivity contribution >= 4 is 17.7 Å². The summed E-state index contributed by atoms with van der Waals surface area (Å²) in [5.74, 6) is -0.796. The molecule has 0 saturated carbocycles. The molecular formula is C21H22N2O3. The summed E-state index contributed by atoms with van der Waals surface area (Å²) in [6.45, 7) is 2.96. The molecule has 134 valence electrons. The van der Waals surface area contributed by atoms with E-state index in [4.69, 9.17) is 0 Å². The highest BCUT2D eigenvalue weighted by Gasteiger charge is 2.36. The lowest BCUT2D eigenvalue weighted by Gasteiger charge is -2.16. The highest BCUT2D eigenvalue weighted by atomic mass is 16.2. The van der Waals surface area contributed by atoms with E-state index in [1.165, 1.54) is 4.90 Å². The topological polar surface area (TPSA) is 57.7 Å². The van der Waals surface area contributed by atoms with Crippen molar-refractivity contribution in [3.05, 3.63) is 70.8 Å². The van der Waals surface area contributed by atoms with Crippen molar-refractivity contribution in [2.75, 3.05) is 13.6 Å². The van der Waals surface area contributed by atoms with Gasteiger partial charge in [-0.2, -0.15) is 0 Å². The number of fused-ring (bicyclic) bond motifs is 1. The maximum absolute atomic E-state index is 12.7. The molecule has 0 spiro atoms. The Bertz CT molecular complexity index is 846. The van der Waals surface area contributed by atoms with Gasteiger partial charge < -0.3 is 4.90 Å². The molecule has 2 aromatic carbocycles. The van der Waals surface area contributed by atoms with E-state index in [9.17, 15) is 14.4 Å². The number of carbonyl (C=O) groups is 3. The minimum absolute atomic E-state index is 0.136. The van der Waals surface area contributed by atoms with Gasteiger partial charge in [0.15, 0.2) is 0 Å². The second-order valence-electron chi connectivity index (χ2n) is 6.52. The van der Waals surface area contributed by atoms with Crippen molar-refractivity contribution in [1.29, 1.82) is 0 Å². The van der Waals surface area contributed by atoms with E-state index in [0.717, 1.165) is 18.4 Å². The van der Waals surface area contributed by atoms with Gasteiger partial charge in [-0.25, -0.2) is 0 Å². The fraction of sp³-hybridized carbons (Fsp3) is 0.286. The largest absolute Gasteiger partial charge is 0.342 e. The molecule has 0 aliphatic carbocycles. The van der Waals surface area contributed by atoms with Crippen molar-refractivity contribution in [3.63, 3.8) is 0 Å². The molecule has 0 radical (unpaired) electrons. The zero-order valence-corrected chi connectivity index (χ0v) is 15.1. The summed E-state index contributed by atoms with van der Waals surface area (Å²) in [5, 5.41) is 0. The Morgan fingerprint density at radius 3 is 2.38 bits per heavy atom. The molecule has 0 aromatic heterocycles. The fourth-order valence-electron chi connectivity index (χ4n) is 3.05. The predicted molar refractivity (Wildman–Crippen MR) is 99.0 cm³/mol. The van der Waals surface area contributed by atoms with Gasteiger partial charge in [-0.05, 0) is 30.2 Å². The summed E-state index contributed by atoms with van der Waals surface area (Å²) in [6.07, 6.45) is 1.93. The molecule has 0 bridgehead atoms. The molecule has 5 nitrogen and oxygen atoms in total. The Labute approximate surface area is 153 Å². The van der Waals surface area contributed by atoms with Crippen LogP contribution in [0, 0.1) is 0 Å². The number of carbonyl (C=O) groups excluding carboxylic acids is 3. The Kier molecular flexibility index (Phi) is 5.16. The number of hydrogen-bond acceptors (Lipinski definition) is 3. The van der Waals surface area contributed by atoms with Crippen molar-refractivity contribution < 1.29 is 14.4 Å². The van der Waals surface area contributed by atoms with E-state index >= 15 is 0 Å². The number of imide groups is 1. The van der Waals surface area contributed by atoms with Crippen LogP contribution < -0.4 is 0 Å². The number of amides is 3. The normalized spacial score (nSPS) is 13.1. The van der Waals surface area contributed by atoms with E-state index < -0.39 is 0 Å². The van der Waals surface area contributed by atoms with E-state index in [0.29, 0.717) is 23.2 Å². The van der Waals surface area contributed by atoms with Crippen LogP contribution in [0.15, 0.2) is 48.5 Å². The third-order valence-corrected chi connectivity index (χ3v) is 4.59. The van der Waals surface area contributed by atoms with Gasteiger partial charge in [-0.15, -0.1) is 0 Å². The molecule has 3 amide bonds. The summed E-state index contributed by atoms with van der Waals surface area (Å²) in [6, 6.07) is 14.1. The maximum Gasteiger partial charge on any atom is 0.261 e. The van der Waals surface area contributed by atoms with Crippen LogP contribution in [0.25, 0.3) is 0 Å². The number of benzene rings is 2. The minimum atomic E-state index is -0.347. The van der Waals surface area contributed by atoms with Crippen LogP contribution in [0.2, 0.25) is 0 Å². The Morgan fingerprint density at radius 1 is 1.00 bits per heavy atom. The zero-order chi connectivity index (χ0) is 18.7. The molecule has 0 unspecified atom stereocenters. The highest BCUT2D eigenvalue weighted by molar-refractivity contribution is 6.22. The van der Waals surface area contributed by atoms with Gasteiger partial charge in [0, 0.05) is 19.2 Å². The summed E-state index contributed by atoms with van der Waals surface area (Å²) in [4.78, 5) is 40.7. The fourth-order valence-corrected chi connectivity index (χ4v) is 3.05. The molecule has 0 fully saturated rings. The van der Waals surface area contributed by atoms with Crippen LogP contribution in [-0.2, 0) is 6.54 Å². The maximum atomic E-state index is 12.7. The molecule has 26 heavy (non-hydrogen) atoms. The van der Waals surface area contributed by atoms with Gasteiger partial charge >= 0.3 is 0 Å². The van der Waals surface area contributed by atoms with E-state index in [-0.39, 0.29) is 24.3 Å². The van der Waals surface area contributed by atoms with Crippen molar-refractivity contribution in [1.82, 2.24) is 9.80 Å². The monoisotopic (exact) mass is 350 g/mol. The summed E-state index contributed by atoms with van der Waals surface area (Å²) in [5.41, 5.74) is 1.99. The third kappa shape index (κ3) is 3.38. The standard InChI is InChI=1S/C21H22N2O3/c1-3-4-12-22(2)19(24)16-10-11-17-18(13-16)21(26)23(20(17)25)14-15-8-6-5-7-9-15/h5-11,13H,3-4,12,14H2,1-2H3. The number of rotatable bonds is 6. The SMILES string of the molecule is CCCCN(C)C(=O)c1ccc2c(c1)C(=O)N(Cc1ccccc1)C2=O. The first kappa shape index (κ1) is 17.9. The van der Waals surface area contributed by atoms with Gasteiger partial charge in [0.05, 0.1) is 17.7 Å². The van der Waals surface area contributed by atoms with Gasteiger partial charge in [0.2, 0.25) is 0 Å². The van der Waals surface area contributed by atoms with Gasteiger partial charge in [0.1, 0.15) is 0 Å². The molecule has 2 aromatic rings. The number of unbranched alkanes of at least 4 members (excludes halogenated alkanes) is 1.